The Kier molecular flexibility index (Phi) is 2.88. The summed E-state index contributed by atoms with van der Waals surface area (Å²) in [5.74, 6) is -0.0462. The molecule has 0 bridgehead atoms. The maximum atomic E-state index is 12.0. The zero-order valence-electron chi connectivity index (χ0n) is 9.87. The first-order valence-electron chi connectivity index (χ1n) is 5.79. The van der Waals surface area contributed by atoms with Gasteiger partial charge in [0.1, 0.15) is 0 Å². The molecule has 1 aliphatic heterocycles. The highest BCUT2D eigenvalue weighted by Crippen LogP contribution is 2.37. The van der Waals surface area contributed by atoms with Crippen LogP contribution < -0.4 is 5.32 Å². The molecule has 1 atom stereocenters. The highest BCUT2D eigenvalue weighted by atomic mass is 35.5. The van der Waals surface area contributed by atoms with E-state index in [1.54, 1.807) is 17.4 Å². The van der Waals surface area contributed by atoms with Crippen molar-refractivity contribution in [3.05, 3.63) is 50.7 Å². The number of aryl methyl sites for hydroxylation is 1. The van der Waals surface area contributed by atoms with E-state index in [0.29, 0.717) is 5.02 Å². The zero-order valence-corrected chi connectivity index (χ0v) is 11.4. The summed E-state index contributed by atoms with van der Waals surface area (Å²) in [4.78, 5) is 14.5. The summed E-state index contributed by atoms with van der Waals surface area (Å²) in [6.07, 6.45) is 0.748. The molecule has 2 aromatic rings. The van der Waals surface area contributed by atoms with E-state index < -0.39 is 0 Å². The third-order valence-electron chi connectivity index (χ3n) is 3.16. The minimum atomic E-state index is -0.114. The van der Waals surface area contributed by atoms with Crippen LogP contribution in [0, 0.1) is 6.92 Å². The van der Waals surface area contributed by atoms with E-state index in [2.05, 4.69) is 24.4 Å². The van der Waals surface area contributed by atoms with Gasteiger partial charge in [-0.1, -0.05) is 11.6 Å². The number of benzene rings is 1. The number of thiophene rings is 1. The lowest BCUT2D eigenvalue weighted by molar-refractivity contribution is -0.117. The smallest absolute Gasteiger partial charge is 0.232 e. The van der Waals surface area contributed by atoms with Crippen molar-refractivity contribution in [2.24, 2.45) is 0 Å². The molecular weight excluding hydrogens is 266 g/mol. The summed E-state index contributed by atoms with van der Waals surface area (Å²) in [5, 5.41) is 3.59. The van der Waals surface area contributed by atoms with Gasteiger partial charge in [-0.3, -0.25) is 4.79 Å². The Bertz CT molecular complexity index is 620. The monoisotopic (exact) mass is 277 g/mol. The second kappa shape index (κ2) is 4.41. The highest BCUT2D eigenvalue weighted by molar-refractivity contribution is 7.11. The molecule has 1 aliphatic rings. The van der Waals surface area contributed by atoms with Crippen LogP contribution in [0.15, 0.2) is 30.3 Å². The van der Waals surface area contributed by atoms with Crippen LogP contribution in [-0.2, 0) is 11.2 Å². The van der Waals surface area contributed by atoms with Gasteiger partial charge in [0.25, 0.3) is 0 Å². The van der Waals surface area contributed by atoms with Crippen LogP contribution in [0.1, 0.15) is 21.2 Å². The molecule has 3 rings (SSSR count). The van der Waals surface area contributed by atoms with Gasteiger partial charge >= 0.3 is 0 Å². The van der Waals surface area contributed by atoms with Gasteiger partial charge in [-0.2, -0.15) is 0 Å². The van der Waals surface area contributed by atoms with Gasteiger partial charge in [-0.15, -0.1) is 11.3 Å². The number of anilines is 1. The summed E-state index contributed by atoms with van der Waals surface area (Å²) in [6.45, 7) is 2.08. The van der Waals surface area contributed by atoms with Gasteiger partial charge in [0.05, 0.1) is 5.92 Å². The van der Waals surface area contributed by atoms with E-state index in [-0.39, 0.29) is 11.8 Å². The normalized spacial score (nSPS) is 17.7. The number of hydrogen-bond donors (Lipinski definition) is 1. The maximum Gasteiger partial charge on any atom is 0.232 e. The second-order valence-corrected chi connectivity index (χ2v) is 6.30. The number of carbonyl (C=O) groups excluding carboxylic acids is 1. The molecule has 1 aromatic carbocycles. The average molecular weight is 278 g/mol. The quantitative estimate of drug-likeness (QED) is 0.884. The predicted molar refractivity (Wildman–Crippen MR) is 75.6 cm³/mol. The minimum Gasteiger partial charge on any atom is -0.325 e. The third-order valence-corrected chi connectivity index (χ3v) is 4.42. The van der Waals surface area contributed by atoms with Crippen molar-refractivity contribution in [3.63, 3.8) is 0 Å². The van der Waals surface area contributed by atoms with Crippen LogP contribution in [0.4, 0.5) is 5.69 Å². The standard InChI is InChI=1S/C14H12ClNOS/c1-8-2-4-10(18-8)7-12-11-6-9(15)3-5-13(11)16-14(12)17/h2-6,12H,7H2,1H3,(H,16,17)/t12-/m1/s1. The molecule has 1 aromatic heterocycles. The number of rotatable bonds is 2. The summed E-state index contributed by atoms with van der Waals surface area (Å²) in [6, 6.07) is 9.75. The van der Waals surface area contributed by atoms with Crippen LogP contribution in [0.25, 0.3) is 0 Å². The summed E-state index contributed by atoms with van der Waals surface area (Å²) < 4.78 is 0. The van der Waals surface area contributed by atoms with E-state index in [4.69, 9.17) is 11.6 Å². The third kappa shape index (κ3) is 2.04. The number of carbonyl (C=O) groups is 1. The Morgan fingerprint density at radius 3 is 2.89 bits per heavy atom. The van der Waals surface area contributed by atoms with Crippen molar-refractivity contribution < 1.29 is 4.79 Å². The first-order chi connectivity index (χ1) is 8.63. The molecule has 0 fully saturated rings. The van der Waals surface area contributed by atoms with E-state index in [1.165, 1.54) is 9.75 Å². The van der Waals surface area contributed by atoms with Gasteiger partial charge < -0.3 is 5.32 Å². The molecule has 4 heteroatoms. The second-order valence-electron chi connectivity index (χ2n) is 4.49. The van der Waals surface area contributed by atoms with Crippen molar-refractivity contribution in [3.8, 4) is 0 Å². The highest BCUT2D eigenvalue weighted by Gasteiger charge is 2.30. The molecule has 0 saturated carbocycles. The van der Waals surface area contributed by atoms with Crippen LogP contribution in [0.2, 0.25) is 5.02 Å². The number of halogens is 1. The fourth-order valence-corrected chi connectivity index (χ4v) is 3.41. The lowest BCUT2D eigenvalue weighted by Gasteiger charge is -2.07. The maximum absolute atomic E-state index is 12.0. The minimum absolute atomic E-state index is 0.0679. The van der Waals surface area contributed by atoms with Gasteiger partial charge in [0.15, 0.2) is 0 Å². The van der Waals surface area contributed by atoms with Crippen LogP contribution in [0.3, 0.4) is 0 Å². The van der Waals surface area contributed by atoms with Crippen molar-refractivity contribution in [2.75, 3.05) is 5.32 Å². The molecule has 2 heterocycles. The van der Waals surface area contributed by atoms with Crippen molar-refractivity contribution >= 4 is 34.5 Å². The molecule has 1 amide bonds. The van der Waals surface area contributed by atoms with Gasteiger partial charge in [-0.25, -0.2) is 0 Å². The van der Waals surface area contributed by atoms with E-state index in [9.17, 15) is 4.79 Å². The molecule has 2 nitrogen and oxygen atoms in total. The van der Waals surface area contributed by atoms with Crippen LogP contribution in [-0.4, -0.2) is 5.91 Å². The zero-order chi connectivity index (χ0) is 12.7. The van der Waals surface area contributed by atoms with Gasteiger partial charge in [0.2, 0.25) is 5.91 Å². The first-order valence-corrected chi connectivity index (χ1v) is 6.98. The number of amides is 1. The lowest BCUT2D eigenvalue weighted by Crippen LogP contribution is -2.13. The van der Waals surface area contributed by atoms with E-state index >= 15 is 0 Å². The SMILES string of the molecule is Cc1ccc(C[C@H]2C(=O)Nc3ccc(Cl)cc32)s1. The molecular formula is C14H12ClNOS. The Morgan fingerprint density at radius 1 is 1.33 bits per heavy atom. The summed E-state index contributed by atoms with van der Waals surface area (Å²) in [7, 11) is 0. The van der Waals surface area contributed by atoms with Gasteiger partial charge in [-0.05, 0) is 49.2 Å². The molecule has 18 heavy (non-hydrogen) atoms. The Labute approximate surface area is 115 Å². The fraction of sp³-hybridized carbons (Fsp3) is 0.214. The summed E-state index contributed by atoms with van der Waals surface area (Å²) >= 11 is 7.75. The molecule has 0 radical (unpaired) electrons. The Morgan fingerprint density at radius 2 is 2.17 bits per heavy atom. The van der Waals surface area contributed by atoms with Crippen molar-refractivity contribution in [1.29, 1.82) is 0 Å². The number of fused-ring (bicyclic) bond motifs is 1. The molecule has 1 N–H and O–H groups in total. The number of nitrogens with one attached hydrogen (secondary N) is 1. The van der Waals surface area contributed by atoms with Crippen LogP contribution >= 0.6 is 22.9 Å². The summed E-state index contributed by atoms with van der Waals surface area (Å²) in [5.41, 5.74) is 1.90. The van der Waals surface area contributed by atoms with Gasteiger partial charge in [0, 0.05) is 20.5 Å². The van der Waals surface area contributed by atoms with Crippen LogP contribution in [0.5, 0.6) is 0 Å². The fourth-order valence-electron chi connectivity index (χ4n) is 2.30. The largest absolute Gasteiger partial charge is 0.325 e. The van der Waals surface area contributed by atoms with Crippen molar-refractivity contribution in [1.82, 2.24) is 0 Å². The Hall–Kier alpha value is -1.32. The number of hydrogen-bond acceptors (Lipinski definition) is 2. The van der Waals surface area contributed by atoms with E-state index in [1.807, 2.05) is 12.1 Å². The molecule has 0 unspecified atom stereocenters. The molecule has 92 valence electrons. The molecule has 0 saturated heterocycles. The molecule has 0 aliphatic carbocycles. The average Bonchev–Trinajstić information content (AvgIpc) is 2.86. The predicted octanol–water partition coefficient (Wildman–Crippen LogP) is 3.99. The van der Waals surface area contributed by atoms with E-state index in [0.717, 1.165) is 17.7 Å². The first kappa shape index (κ1) is 11.8. The lowest BCUT2D eigenvalue weighted by atomic mass is 9.96. The topological polar surface area (TPSA) is 29.1 Å². The molecule has 0 spiro atoms. The Balaban J connectivity index is 1.93. The van der Waals surface area contributed by atoms with Crippen molar-refractivity contribution in [2.45, 2.75) is 19.3 Å².